The maximum atomic E-state index is 12.5. The van der Waals surface area contributed by atoms with Crippen molar-refractivity contribution in [2.24, 2.45) is 0 Å². The van der Waals surface area contributed by atoms with Gasteiger partial charge < -0.3 is 15.4 Å². The van der Waals surface area contributed by atoms with Crippen LogP contribution in [0, 0.1) is 13.8 Å². The third-order valence-corrected chi connectivity index (χ3v) is 6.38. The van der Waals surface area contributed by atoms with Crippen LogP contribution in [-0.4, -0.2) is 57.4 Å². The molecule has 0 atom stereocenters. The Labute approximate surface area is 156 Å². The number of aryl methyl sites for hydroxylation is 2. The SMILES string of the molecule is COCCC1(NC(=O)Nc2ccc(C)c(C)c2)CCN(S(C)(=O)=O)CC1. The van der Waals surface area contributed by atoms with Crippen LogP contribution in [0.2, 0.25) is 0 Å². The number of piperidine rings is 1. The van der Waals surface area contributed by atoms with Gasteiger partial charge in [0, 0.05) is 38.0 Å². The van der Waals surface area contributed by atoms with Crippen molar-refractivity contribution in [2.75, 3.05) is 38.4 Å². The first-order valence-corrected chi connectivity index (χ1v) is 10.6. The first-order chi connectivity index (χ1) is 12.1. The van der Waals surface area contributed by atoms with E-state index < -0.39 is 15.6 Å². The van der Waals surface area contributed by atoms with Crippen molar-refractivity contribution in [3.63, 3.8) is 0 Å². The summed E-state index contributed by atoms with van der Waals surface area (Å²) in [5, 5.41) is 5.95. The van der Waals surface area contributed by atoms with Crippen LogP contribution in [0.4, 0.5) is 10.5 Å². The molecule has 1 aromatic rings. The largest absolute Gasteiger partial charge is 0.385 e. The molecule has 0 saturated carbocycles. The number of benzene rings is 1. The van der Waals surface area contributed by atoms with Gasteiger partial charge in [-0.1, -0.05) is 6.07 Å². The number of anilines is 1. The number of rotatable bonds is 6. The number of urea groups is 1. The van der Waals surface area contributed by atoms with Crippen molar-refractivity contribution in [3.8, 4) is 0 Å². The molecule has 0 aromatic heterocycles. The summed E-state index contributed by atoms with van der Waals surface area (Å²) >= 11 is 0. The molecule has 1 aromatic carbocycles. The molecular formula is C18H29N3O4S. The van der Waals surface area contributed by atoms with Crippen molar-refractivity contribution in [2.45, 2.75) is 38.6 Å². The molecule has 146 valence electrons. The maximum absolute atomic E-state index is 12.5. The van der Waals surface area contributed by atoms with E-state index in [2.05, 4.69) is 10.6 Å². The van der Waals surface area contributed by atoms with Crippen molar-refractivity contribution < 1.29 is 17.9 Å². The number of sulfonamides is 1. The molecule has 0 spiro atoms. The van der Waals surface area contributed by atoms with Gasteiger partial charge in [-0.05, 0) is 56.4 Å². The van der Waals surface area contributed by atoms with Crippen LogP contribution in [0.5, 0.6) is 0 Å². The molecule has 1 saturated heterocycles. The second-order valence-corrected chi connectivity index (χ2v) is 9.05. The van der Waals surface area contributed by atoms with Crippen molar-refractivity contribution in [3.05, 3.63) is 29.3 Å². The molecule has 7 nitrogen and oxygen atoms in total. The fourth-order valence-electron chi connectivity index (χ4n) is 3.20. The van der Waals surface area contributed by atoms with Gasteiger partial charge in [0.2, 0.25) is 10.0 Å². The molecule has 1 aliphatic heterocycles. The molecule has 2 N–H and O–H groups in total. The molecule has 2 amide bonds. The Balaban J connectivity index is 2.05. The van der Waals surface area contributed by atoms with Crippen LogP contribution in [0.3, 0.4) is 0 Å². The minimum Gasteiger partial charge on any atom is -0.385 e. The third-order valence-electron chi connectivity index (χ3n) is 5.08. The van der Waals surface area contributed by atoms with E-state index in [0.29, 0.717) is 39.0 Å². The van der Waals surface area contributed by atoms with E-state index in [-0.39, 0.29) is 6.03 Å². The Morgan fingerprint density at radius 2 is 1.88 bits per heavy atom. The molecular weight excluding hydrogens is 354 g/mol. The van der Waals surface area contributed by atoms with E-state index >= 15 is 0 Å². The summed E-state index contributed by atoms with van der Waals surface area (Å²) in [6.07, 6.45) is 2.98. The van der Waals surface area contributed by atoms with Crippen LogP contribution in [0.15, 0.2) is 18.2 Å². The normalized spacial score (nSPS) is 17.7. The van der Waals surface area contributed by atoms with Gasteiger partial charge in [-0.2, -0.15) is 0 Å². The van der Waals surface area contributed by atoms with Gasteiger partial charge in [0.1, 0.15) is 0 Å². The Bertz CT molecular complexity index is 741. The summed E-state index contributed by atoms with van der Waals surface area (Å²) in [6, 6.07) is 5.49. The molecule has 8 heteroatoms. The Morgan fingerprint density at radius 1 is 1.23 bits per heavy atom. The predicted octanol–water partition coefficient (Wildman–Crippen LogP) is 2.26. The van der Waals surface area contributed by atoms with E-state index in [1.807, 2.05) is 32.0 Å². The van der Waals surface area contributed by atoms with Crippen LogP contribution in [0.1, 0.15) is 30.4 Å². The summed E-state index contributed by atoms with van der Waals surface area (Å²) in [5.41, 5.74) is 2.54. The van der Waals surface area contributed by atoms with Gasteiger partial charge in [-0.15, -0.1) is 0 Å². The zero-order valence-corrected chi connectivity index (χ0v) is 16.8. The average molecular weight is 384 g/mol. The minimum atomic E-state index is -3.21. The highest BCUT2D eigenvalue weighted by molar-refractivity contribution is 7.88. The number of carbonyl (C=O) groups excluding carboxylic acids is 1. The summed E-state index contributed by atoms with van der Waals surface area (Å²) < 4.78 is 30.1. The highest BCUT2D eigenvalue weighted by atomic mass is 32.2. The second kappa shape index (κ2) is 8.37. The van der Waals surface area contributed by atoms with Crippen LogP contribution in [-0.2, 0) is 14.8 Å². The second-order valence-electron chi connectivity index (χ2n) is 7.06. The lowest BCUT2D eigenvalue weighted by Crippen LogP contribution is -2.57. The molecule has 0 radical (unpaired) electrons. The Hall–Kier alpha value is -1.64. The number of nitrogens with zero attached hydrogens (tertiary/aromatic N) is 1. The zero-order valence-electron chi connectivity index (χ0n) is 16.0. The van der Waals surface area contributed by atoms with E-state index in [1.165, 1.54) is 16.1 Å². The van der Waals surface area contributed by atoms with Gasteiger partial charge in [-0.25, -0.2) is 17.5 Å². The summed E-state index contributed by atoms with van der Waals surface area (Å²) in [7, 11) is -1.59. The number of methoxy groups -OCH3 is 1. The molecule has 0 bridgehead atoms. The first-order valence-electron chi connectivity index (χ1n) is 8.76. The number of carbonyl (C=O) groups is 1. The molecule has 1 fully saturated rings. The van der Waals surface area contributed by atoms with Crippen LogP contribution >= 0.6 is 0 Å². The van der Waals surface area contributed by atoms with Crippen molar-refractivity contribution in [1.29, 1.82) is 0 Å². The number of amides is 2. The highest BCUT2D eigenvalue weighted by Crippen LogP contribution is 2.27. The molecule has 2 rings (SSSR count). The Morgan fingerprint density at radius 3 is 2.42 bits per heavy atom. The number of hydrogen-bond donors (Lipinski definition) is 2. The Kier molecular flexibility index (Phi) is 6.65. The van der Waals surface area contributed by atoms with E-state index in [1.54, 1.807) is 7.11 Å². The third kappa shape index (κ3) is 5.43. The fourth-order valence-corrected chi connectivity index (χ4v) is 4.05. The lowest BCUT2D eigenvalue weighted by atomic mass is 9.85. The van der Waals surface area contributed by atoms with Crippen molar-refractivity contribution in [1.82, 2.24) is 9.62 Å². The van der Waals surface area contributed by atoms with E-state index in [4.69, 9.17) is 4.74 Å². The van der Waals surface area contributed by atoms with Gasteiger partial charge in [0.15, 0.2) is 0 Å². The lowest BCUT2D eigenvalue weighted by molar-refractivity contribution is 0.124. The molecule has 26 heavy (non-hydrogen) atoms. The number of ether oxygens (including phenoxy) is 1. The average Bonchev–Trinajstić information content (AvgIpc) is 2.56. The van der Waals surface area contributed by atoms with Gasteiger partial charge in [0.05, 0.1) is 6.26 Å². The first kappa shape index (κ1) is 20.7. The molecule has 1 aliphatic rings. The fraction of sp³-hybridized carbons (Fsp3) is 0.611. The van der Waals surface area contributed by atoms with E-state index in [0.717, 1.165) is 11.3 Å². The number of hydrogen-bond acceptors (Lipinski definition) is 4. The van der Waals surface area contributed by atoms with E-state index in [9.17, 15) is 13.2 Å². The minimum absolute atomic E-state index is 0.280. The summed E-state index contributed by atoms with van der Waals surface area (Å²) in [5.74, 6) is 0. The summed E-state index contributed by atoms with van der Waals surface area (Å²) in [4.78, 5) is 12.5. The van der Waals surface area contributed by atoms with Gasteiger partial charge in [0.25, 0.3) is 0 Å². The topological polar surface area (TPSA) is 87.7 Å². The highest BCUT2D eigenvalue weighted by Gasteiger charge is 2.38. The predicted molar refractivity (Wildman–Crippen MR) is 103 cm³/mol. The van der Waals surface area contributed by atoms with Crippen molar-refractivity contribution >= 4 is 21.7 Å². The van der Waals surface area contributed by atoms with Gasteiger partial charge >= 0.3 is 6.03 Å². The molecule has 0 aliphatic carbocycles. The smallest absolute Gasteiger partial charge is 0.319 e. The van der Waals surface area contributed by atoms with Crippen LogP contribution < -0.4 is 10.6 Å². The number of nitrogens with one attached hydrogen (secondary N) is 2. The molecule has 1 heterocycles. The standard InChI is InChI=1S/C18H29N3O4S/c1-14-5-6-16(13-15(14)2)19-17(22)20-18(9-12-25-3)7-10-21(11-8-18)26(4,23)24/h5-6,13H,7-12H2,1-4H3,(H2,19,20,22). The zero-order chi connectivity index (χ0) is 19.4. The lowest BCUT2D eigenvalue weighted by Gasteiger charge is -2.41. The van der Waals surface area contributed by atoms with Crippen LogP contribution in [0.25, 0.3) is 0 Å². The quantitative estimate of drug-likeness (QED) is 0.789. The monoisotopic (exact) mass is 383 g/mol. The maximum Gasteiger partial charge on any atom is 0.319 e. The molecule has 0 unspecified atom stereocenters. The van der Waals surface area contributed by atoms with Gasteiger partial charge in [-0.3, -0.25) is 0 Å². The summed E-state index contributed by atoms with van der Waals surface area (Å²) in [6.45, 7) is 5.32.